The fraction of sp³-hybridized carbons (Fsp3) is 0.421. The Kier molecular flexibility index (Phi) is 4.36. The van der Waals surface area contributed by atoms with Crippen molar-refractivity contribution >= 4 is 15.9 Å². The predicted octanol–water partition coefficient (Wildman–Crippen LogP) is 2.01. The van der Waals surface area contributed by atoms with E-state index in [9.17, 15) is 13.2 Å². The lowest BCUT2D eigenvalue weighted by Gasteiger charge is -2.31. The van der Waals surface area contributed by atoms with Gasteiger partial charge in [-0.2, -0.15) is 4.31 Å². The van der Waals surface area contributed by atoms with Crippen LogP contribution < -0.4 is 0 Å². The lowest BCUT2D eigenvalue weighted by molar-refractivity contribution is 0.0723. The fourth-order valence-electron chi connectivity index (χ4n) is 3.88. The Bertz CT molecular complexity index is 943. The summed E-state index contributed by atoms with van der Waals surface area (Å²) in [6, 6.07) is 9.11. The average Bonchev–Trinajstić information content (AvgIpc) is 3.32. The van der Waals surface area contributed by atoms with E-state index >= 15 is 0 Å². The first-order chi connectivity index (χ1) is 12.5. The molecule has 1 fully saturated rings. The van der Waals surface area contributed by atoms with Crippen molar-refractivity contribution < 1.29 is 13.2 Å². The summed E-state index contributed by atoms with van der Waals surface area (Å²) in [6.45, 7) is 2.10. The zero-order valence-corrected chi connectivity index (χ0v) is 15.7. The minimum atomic E-state index is -3.50. The summed E-state index contributed by atoms with van der Waals surface area (Å²) in [5.41, 5.74) is 2.42. The van der Waals surface area contributed by atoms with Crippen LogP contribution in [0.1, 0.15) is 34.5 Å². The first kappa shape index (κ1) is 17.3. The number of hydrogen-bond donors (Lipinski definition) is 0. The van der Waals surface area contributed by atoms with Gasteiger partial charge in [0.1, 0.15) is 5.69 Å². The molecule has 7 heteroatoms. The lowest BCUT2D eigenvalue weighted by atomic mass is 9.99. The largest absolute Gasteiger partial charge is 0.347 e. The number of hydrogen-bond acceptors (Lipinski definition) is 3. The van der Waals surface area contributed by atoms with Crippen LogP contribution >= 0.6 is 0 Å². The number of carbonyl (C=O) groups excluding carboxylic acids is 1. The van der Waals surface area contributed by atoms with E-state index in [1.165, 1.54) is 0 Å². The van der Waals surface area contributed by atoms with Crippen molar-refractivity contribution in [3.05, 3.63) is 53.3 Å². The van der Waals surface area contributed by atoms with Gasteiger partial charge < -0.3 is 9.47 Å². The van der Waals surface area contributed by atoms with E-state index in [0.29, 0.717) is 43.2 Å². The highest BCUT2D eigenvalue weighted by Gasteiger charge is 2.32. The predicted molar refractivity (Wildman–Crippen MR) is 98.3 cm³/mol. The first-order valence-electron chi connectivity index (χ1n) is 9.00. The van der Waals surface area contributed by atoms with Crippen LogP contribution in [0.2, 0.25) is 0 Å². The molecule has 2 aliphatic heterocycles. The third-order valence-corrected chi connectivity index (χ3v) is 7.35. The molecule has 1 saturated heterocycles. The molecular formula is C19H23N3O3S. The molecular weight excluding hydrogens is 350 g/mol. The van der Waals surface area contributed by atoms with Crippen LogP contribution in [0.5, 0.6) is 0 Å². The summed E-state index contributed by atoms with van der Waals surface area (Å²) in [6.07, 6.45) is 4.34. The summed E-state index contributed by atoms with van der Waals surface area (Å²) in [4.78, 5) is 15.0. The molecule has 0 radical (unpaired) electrons. The van der Waals surface area contributed by atoms with Gasteiger partial charge in [-0.05, 0) is 48.6 Å². The second kappa shape index (κ2) is 6.55. The standard InChI is InChI=1S/C19H23N3O3S/c1-20-10-5-7-17(20)19(23)21-13-9-15-6-4-8-18(16(15)14-21)26(24,25)22-11-2-3-12-22/h4-8,10H,2-3,9,11-14H2,1H3. The Morgan fingerprint density at radius 2 is 1.81 bits per heavy atom. The molecule has 0 bridgehead atoms. The molecule has 2 aromatic rings. The normalized spacial score (nSPS) is 18.1. The Labute approximate surface area is 154 Å². The Hall–Kier alpha value is -2.12. The van der Waals surface area contributed by atoms with Crippen LogP contribution in [-0.4, -0.2) is 47.7 Å². The van der Waals surface area contributed by atoms with Crippen molar-refractivity contribution in [2.45, 2.75) is 30.7 Å². The molecule has 3 heterocycles. The summed E-state index contributed by atoms with van der Waals surface area (Å²) >= 11 is 0. The van der Waals surface area contributed by atoms with Crippen molar-refractivity contribution in [1.29, 1.82) is 0 Å². The molecule has 6 nitrogen and oxygen atoms in total. The van der Waals surface area contributed by atoms with Gasteiger partial charge in [-0.1, -0.05) is 12.1 Å². The van der Waals surface area contributed by atoms with Crippen LogP contribution in [0.25, 0.3) is 0 Å². The second-order valence-corrected chi connectivity index (χ2v) is 8.89. The Morgan fingerprint density at radius 3 is 2.50 bits per heavy atom. The molecule has 0 aliphatic carbocycles. The van der Waals surface area contributed by atoms with Crippen LogP contribution in [0, 0.1) is 0 Å². The van der Waals surface area contributed by atoms with Gasteiger partial charge in [0.25, 0.3) is 5.91 Å². The zero-order chi connectivity index (χ0) is 18.3. The van der Waals surface area contributed by atoms with E-state index in [2.05, 4.69) is 0 Å². The number of amides is 1. The summed E-state index contributed by atoms with van der Waals surface area (Å²) in [5, 5.41) is 0. The number of aromatic nitrogens is 1. The van der Waals surface area contributed by atoms with Gasteiger partial charge in [-0.15, -0.1) is 0 Å². The second-order valence-electron chi connectivity index (χ2n) is 6.99. The topological polar surface area (TPSA) is 62.6 Å². The summed E-state index contributed by atoms with van der Waals surface area (Å²) < 4.78 is 29.5. The van der Waals surface area contributed by atoms with E-state index in [1.54, 1.807) is 25.9 Å². The van der Waals surface area contributed by atoms with Crippen molar-refractivity contribution in [1.82, 2.24) is 13.8 Å². The smallest absolute Gasteiger partial charge is 0.270 e. The maximum atomic E-state index is 13.1. The molecule has 0 saturated carbocycles. The molecule has 4 rings (SSSR count). The van der Waals surface area contributed by atoms with Crippen molar-refractivity contribution in [3.8, 4) is 0 Å². The van der Waals surface area contributed by atoms with Crippen molar-refractivity contribution in [3.63, 3.8) is 0 Å². The molecule has 26 heavy (non-hydrogen) atoms. The van der Waals surface area contributed by atoms with Crippen LogP contribution in [0.15, 0.2) is 41.4 Å². The Morgan fingerprint density at radius 1 is 1.04 bits per heavy atom. The molecule has 1 amide bonds. The van der Waals surface area contributed by atoms with Gasteiger partial charge in [-0.25, -0.2) is 8.42 Å². The fourth-order valence-corrected chi connectivity index (χ4v) is 5.65. The van der Waals surface area contributed by atoms with E-state index in [4.69, 9.17) is 0 Å². The van der Waals surface area contributed by atoms with E-state index in [1.807, 2.05) is 31.4 Å². The summed E-state index contributed by atoms with van der Waals surface area (Å²) in [7, 11) is -1.66. The van der Waals surface area contributed by atoms with Gasteiger partial charge in [0.2, 0.25) is 10.0 Å². The van der Waals surface area contributed by atoms with E-state index < -0.39 is 10.0 Å². The lowest BCUT2D eigenvalue weighted by Crippen LogP contribution is -2.38. The van der Waals surface area contributed by atoms with Crippen LogP contribution in [0.4, 0.5) is 0 Å². The molecule has 0 atom stereocenters. The average molecular weight is 373 g/mol. The minimum Gasteiger partial charge on any atom is -0.347 e. The van der Waals surface area contributed by atoms with Gasteiger partial charge >= 0.3 is 0 Å². The highest BCUT2D eigenvalue weighted by atomic mass is 32.2. The molecule has 2 aliphatic rings. The number of benzene rings is 1. The Balaban J connectivity index is 1.68. The van der Waals surface area contributed by atoms with Crippen molar-refractivity contribution in [2.24, 2.45) is 7.05 Å². The summed E-state index contributed by atoms with van der Waals surface area (Å²) in [5.74, 6) is -0.0588. The number of sulfonamides is 1. The molecule has 0 spiro atoms. The highest BCUT2D eigenvalue weighted by Crippen LogP contribution is 2.30. The minimum absolute atomic E-state index is 0.0588. The quantitative estimate of drug-likeness (QED) is 0.827. The molecule has 0 unspecified atom stereocenters. The van der Waals surface area contributed by atoms with Gasteiger partial charge in [0.15, 0.2) is 0 Å². The number of nitrogens with zero attached hydrogens (tertiary/aromatic N) is 3. The first-order valence-corrected chi connectivity index (χ1v) is 10.4. The van der Waals surface area contributed by atoms with Gasteiger partial charge in [0.05, 0.1) is 4.90 Å². The van der Waals surface area contributed by atoms with Gasteiger partial charge in [0, 0.05) is 39.4 Å². The number of carbonyl (C=O) groups is 1. The maximum absolute atomic E-state index is 13.1. The molecule has 138 valence electrons. The maximum Gasteiger partial charge on any atom is 0.270 e. The molecule has 0 N–H and O–H groups in total. The van der Waals surface area contributed by atoms with Crippen LogP contribution in [-0.2, 0) is 30.0 Å². The number of aryl methyl sites for hydroxylation is 1. The van der Waals surface area contributed by atoms with Crippen molar-refractivity contribution in [2.75, 3.05) is 19.6 Å². The molecule has 1 aromatic carbocycles. The van der Waals surface area contributed by atoms with E-state index in [-0.39, 0.29) is 5.91 Å². The highest BCUT2D eigenvalue weighted by molar-refractivity contribution is 7.89. The number of rotatable bonds is 3. The number of fused-ring (bicyclic) bond motifs is 1. The third-order valence-electron chi connectivity index (χ3n) is 5.36. The van der Waals surface area contributed by atoms with Gasteiger partial charge in [-0.3, -0.25) is 4.79 Å². The third kappa shape index (κ3) is 2.85. The van der Waals surface area contributed by atoms with E-state index in [0.717, 1.165) is 24.0 Å². The monoisotopic (exact) mass is 373 g/mol. The zero-order valence-electron chi connectivity index (χ0n) is 14.9. The van der Waals surface area contributed by atoms with Crippen LogP contribution in [0.3, 0.4) is 0 Å². The molecule has 1 aromatic heterocycles. The SMILES string of the molecule is Cn1cccc1C(=O)N1CCc2cccc(S(=O)(=O)N3CCCC3)c2C1.